The van der Waals surface area contributed by atoms with Gasteiger partial charge in [-0.1, -0.05) is 0 Å². The largest absolute Gasteiger partial charge is 0.322 e. The van der Waals surface area contributed by atoms with E-state index in [1.54, 1.807) is 0 Å². The number of nitrogens with zero attached hydrogens (tertiary/aromatic N) is 2. The number of carbonyl (C=O) groups is 1. The second-order valence-electron chi connectivity index (χ2n) is 5.60. The van der Waals surface area contributed by atoms with Crippen molar-refractivity contribution in [2.45, 2.75) is 44.4 Å². The highest BCUT2D eigenvalue weighted by molar-refractivity contribution is 7.99. The van der Waals surface area contributed by atoms with E-state index in [1.807, 2.05) is 32.7 Å². The Balaban J connectivity index is 1.85. The normalized spacial score (nSPS) is 22.4. The molecule has 1 heterocycles. The highest BCUT2D eigenvalue weighted by atomic mass is 32.2. The van der Waals surface area contributed by atoms with Gasteiger partial charge in [0.25, 0.3) is 0 Å². The molecule has 0 saturated heterocycles. The predicted octanol–water partition coefficient (Wildman–Crippen LogP) is 2.18. The van der Waals surface area contributed by atoms with E-state index < -0.39 is 0 Å². The van der Waals surface area contributed by atoms with Crippen LogP contribution in [0.25, 0.3) is 0 Å². The third kappa shape index (κ3) is 3.55. The second-order valence-corrected chi connectivity index (χ2v) is 6.73. The standard InChI is InChI=1S/C14H24N4OS/c1-9-14(10(2)17-16-9)15-13(19)8-18(3)11-5-6-12(7-11)20-4/h11-12H,5-8H2,1-4H3,(H,15,19)(H,16,17). The number of anilines is 1. The summed E-state index contributed by atoms with van der Waals surface area (Å²) in [6.07, 6.45) is 5.82. The Morgan fingerprint density at radius 1 is 1.50 bits per heavy atom. The molecular weight excluding hydrogens is 272 g/mol. The predicted molar refractivity (Wildman–Crippen MR) is 84.3 cm³/mol. The fourth-order valence-electron chi connectivity index (χ4n) is 2.80. The average Bonchev–Trinajstić information content (AvgIpc) is 3.00. The van der Waals surface area contributed by atoms with Crippen LogP contribution in [-0.4, -0.2) is 52.1 Å². The van der Waals surface area contributed by atoms with Crippen molar-refractivity contribution in [1.29, 1.82) is 0 Å². The third-order valence-corrected chi connectivity index (χ3v) is 5.19. The Bertz CT molecular complexity index is 454. The van der Waals surface area contributed by atoms with Crippen LogP contribution in [0.5, 0.6) is 0 Å². The molecule has 0 aromatic carbocycles. The molecule has 20 heavy (non-hydrogen) atoms. The molecule has 2 rings (SSSR count). The summed E-state index contributed by atoms with van der Waals surface area (Å²) in [5, 5.41) is 10.7. The summed E-state index contributed by atoms with van der Waals surface area (Å²) in [6, 6.07) is 0.532. The van der Waals surface area contributed by atoms with Gasteiger partial charge in [-0.25, -0.2) is 0 Å². The quantitative estimate of drug-likeness (QED) is 0.874. The summed E-state index contributed by atoms with van der Waals surface area (Å²) in [5.74, 6) is 0.0349. The fraction of sp³-hybridized carbons (Fsp3) is 0.714. The first-order valence-corrected chi connectivity index (χ1v) is 8.34. The zero-order chi connectivity index (χ0) is 14.7. The van der Waals surface area contributed by atoms with Crippen molar-refractivity contribution in [2.24, 2.45) is 0 Å². The van der Waals surface area contributed by atoms with Gasteiger partial charge in [0, 0.05) is 11.3 Å². The molecule has 0 aliphatic heterocycles. The molecule has 1 aliphatic carbocycles. The van der Waals surface area contributed by atoms with E-state index in [0.29, 0.717) is 12.6 Å². The SMILES string of the molecule is CSC1CCC(N(C)CC(=O)Nc2c(C)n[nH]c2C)C1. The number of hydrogen-bond acceptors (Lipinski definition) is 4. The lowest BCUT2D eigenvalue weighted by Crippen LogP contribution is -2.37. The molecule has 112 valence electrons. The highest BCUT2D eigenvalue weighted by Crippen LogP contribution is 2.30. The van der Waals surface area contributed by atoms with Gasteiger partial charge in [0.05, 0.1) is 23.6 Å². The van der Waals surface area contributed by atoms with Crippen molar-refractivity contribution in [2.75, 3.05) is 25.2 Å². The Kier molecular flexibility index (Phi) is 5.10. The molecule has 6 heteroatoms. The number of hydrogen-bond donors (Lipinski definition) is 2. The number of aromatic amines is 1. The number of H-pyrrole nitrogens is 1. The van der Waals surface area contributed by atoms with Crippen LogP contribution in [0.3, 0.4) is 0 Å². The summed E-state index contributed by atoms with van der Waals surface area (Å²) in [5.41, 5.74) is 2.56. The van der Waals surface area contributed by atoms with E-state index in [9.17, 15) is 4.79 Å². The van der Waals surface area contributed by atoms with Crippen molar-refractivity contribution in [3.8, 4) is 0 Å². The van der Waals surface area contributed by atoms with E-state index >= 15 is 0 Å². The van der Waals surface area contributed by atoms with Crippen LogP contribution >= 0.6 is 11.8 Å². The molecule has 1 aromatic rings. The number of rotatable bonds is 5. The van der Waals surface area contributed by atoms with Crippen LogP contribution in [0, 0.1) is 13.8 Å². The zero-order valence-electron chi connectivity index (χ0n) is 12.7. The van der Waals surface area contributed by atoms with Crippen LogP contribution in [-0.2, 0) is 4.79 Å². The van der Waals surface area contributed by atoms with Crippen LogP contribution in [0.2, 0.25) is 0 Å². The topological polar surface area (TPSA) is 61.0 Å². The molecule has 1 saturated carbocycles. The number of thioether (sulfide) groups is 1. The summed E-state index contributed by atoms with van der Waals surface area (Å²) in [6.45, 7) is 4.25. The first-order chi connectivity index (χ1) is 9.51. The highest BCUT2D eigenvalue weighted by Gasteiger charge is 2.27. The molecule has 1 fully saturated rings. The lowest BCUT2D eigenvalue weighted by Gasteiger charge is -2.23. The van der Waals surface area contributed by atoms with E-state index in [2.05, 4.69) is 26.7 Å². The first-order valence-electron chi connectivity index (χ1n) is 7.05. The van der Waals surface area contributed by atoms with Gasteiger partial charge in [0.1, 0.15) is 0 Å². The van der Waals surface area contributed by atoms with Crippen molar-refractivity contribution in [3.05, 3.63) is 11.4 Å². The Morgan fingerprint density at radius 2 is 2.25 bits per heavy atom. The maximum Gasteiger partial charge on any atom is 0.238 e. The molecule has 2 unspecified atom stereocenters. The lowest BCUT2D eigenvalue weighted by molar-refractivity contribution is -0.117. The number of aryl methyl sites for hydroxylation is 2. The van der Waals surface area contributed by atoms with Gasteiger partial charge in [-0.2, -0.15) is 16.9 Å². The lowest BCUT2D eigenvalue weighted by atomic mass is 10.2. The molecule has 0 spiro atoms. The number of carbonyl (C=O) groups excluding carboxylic acids is 1. The van der Waals surface area contributed by atoms with Gasteiger partial charge in [-0.05, 0) is 46.4 Å². The monoisotopic (exact) mass is 296 g/mol. The Hall–Kier alpha value is -1.01. The number of nitrogens with one attached hydrogen (secondary N) is 2. The zero-order valence-corrected chi connectivity index (χ0v) is 13.5. The van der Waals surface area contributed by atoms with Crippen LogP contribution in [0.1, 0.15) is 30.7 Å². The molecule has 1 aliphatic rings. The van der Waals surface area contributed by atoms with Crippen molar-refractivity contribution < 1.29 is 4.79 Å². The smallest absolute Gasteiger partial charge is 0.238 e. The van der Waals surface area contributed by atoms with Crippen LogP contribution < -0.4 is 5.32 Å². The number of amides is 1. The molecule has 1 aromatic heterocycles. The van der Waals surface area contributed by atoms with Gasteiger partial charge in [-0.3, -0.25) is 14.8 Å². The Morgan fingerprint density at radius 3 is 2.80 bits per heavy atom. The van der Waals surface area contributed by atoms with Crippen molar-refractivity contribution in [3.63, 3.8) is 0 Å². The summed E-state index contributed by atoms with van der Waals surface area (Å²) in [4.78, 5) is 14.3. The molecule has 5 nitrogen and oxygen atoms in total. The van der Waals surface area contributed by atoms with E-state index in [1.165, 1.54) is 19.3 Å². The van der Waals surface area contributed by atoms with Crippen molar-refractivity contribution >= 4 is 23.4 Å². The number of likely N-dealkylation sites (N-methyl/N-ethyl adjacent to an activating group) is 1. The fourth-order valence-corrected chi connectivity index (χ4v) is 3.59. The summed E-state index contributed by atoms with van der Waals surface area (Å²) < 4.78 is 0. The molecule has 0 radical (unpaired) electrons. The molecule has 0 bridgehead atoms. The van der Waals surface area contributed by atoms with Crippen molar-refractivity contribution in [1.82, 2.24) is 15.1 Å². The van der Waals surface area contributed by atoms with E-state index in [4.69, 9.17) is 0 Å². The summed E-state index contributed by atoms with van der Waals surface area (Å²) in [7, 11) is 2.04. The molecule has 2 atom stereocenters. The maximum absolute atomic E-state index is 12.1. The minimum absolute atomic E-state index is 0.0349. The molecule has 2 N–H and O–H groups in total. The second kappa shape index (κ2) is 6.63. The minimum atomic E-state index is 0.0349. The number of aromatic nitrogens is 2. The van der Waals surface area contributed by atoms with Gasteiger partial charge < -0.3 is 5.32 Å². The maximum atomic E-state index is 12.1. The average molecular weight is 296 g/mol. The van der Waals surface area contributed by atoms with E-state index in [0.717, 1.165) is 22.3 Å². The van der Waals surface area contributed by atoms with Gasteiger partial charge in [0.2, 0.25) is 5.91 Å². The first kappa shape index (κ1) is 15.4. The molecular formula is C14H24N4OS. The molecule has 1 amide bonds. The van der Waals surface area contributed by atoms with Crippen LogP contribution in [0.4, 0.5) is 5.69 Å². The Labute approximate surface area is 124 Å². The van der Waals surface area contributed by atoms with Crippen LogP contribution in [0.15, 0.2) is 0 Å². The van der Waals surface area contributed by atoms with Gasteiger partial charge >= 0.3 is 0 Å². The third-order valence-electron chi connectivity index (χ3n) is 4.10. The minimum Gasteiger partial charge on any atom is -0.322 e. The summed E-state index contributed by atoms with van der Waals surface area (Å²) >= 11 is 1.94. The van der Waals surface area contributed by atoms with E-state index in [-0.39, 0.29) is 5.91 Å². The van der Waals surface area contributed by atoms with Gasteiger partial charge in [-0.15, -0.1) is 0 Å². The van der Waals surface area contributed by atoms with Gasteiger partial charge in [0.15, 0.2) is 0 Å².